The zero-order valence-electron chi connectivity index (χ0n) is 16.5. The molecule has 1 saturated heterocycles. The molecule has 0 saturated carbocycles. The summed E-state index contributed by atoms with van der Waals surface area (Å²) < 4.78 is 18.7. The van der Waals surface area contributed by atoms with E-state index in [1.807, 2.05) is 6.92 Å². The van der Waals surface area contributed by atoms with Crippen LogP contribution in [0.25, 0.3) is 0 Å². The van der Waals surface area contributed by atoms with E-state index in [0.29, 0.717) is 30.3 Å². The van der Waals surface area contributed by atoms with E-state index in [1.54, 1.807) is 35.2 Å². The third-order valence-corrected chi connectivity index (χ3v) is 4.97. The van der Waals surface area contributed by atoms with Crippen molar-refractivity contribution in [1.29, 1.82) is 0 Å². The number of thiocarbonyl (C=S) groups is 1. The summed E-state index contributed by atoms with van der Waals surface area (Å²) in [7, 11) is 0. The predicted octanol–water partition coefficient (Wildman–Crippen LogP) is 3.74. The van der Waals surface area contributed by atoms with E-state index in [1.165, 1.54) is 29.2 Å². The fourth-order valence-electron chi connectivity index (χ4n) is 3.20. The molecule has 1 N–H and O–H groups in total. The molecular weight excluding hydrogens is 405 g/mol. The third kappa shape index (κ3) is 4.65. The van der Waals surface area contributed by atoms with Crippen LogP contribution in [0.15, 0.2) is 61.2 Å². The summed E-state index contributed by atoms with van der Waals surface area (Å²) in [5.41, 5.74) is 1.05. The highest BCUT2D eigenvalue weighted by molar-refractivity contribution is 7.80. The van der Waals surface area contributed by atoms with Crippen LogP contribution in [0.3, 0.4) is 0 Å². The average Bonchev–Trinajstić information content (AvgIpc) is 2.95. The Labute approximate surface area is 179 Å². The van der Waals surface area contributed by atoms with Crippen LogP contribution in [0.5, 0.6) is 5.75 Å². The molecule has 0 aliphatic carbocycles. The summed E-state index contributed by atoms with van der Waals surface area (Å²) in [4.78, 5) is 28.6. The van der Waals surface area contributed by atoms with Crippen molar-refractivity contribution in [1.82, 2.24) is 4.90 Å². The number of carbonyl (C=O) groups excluding carboxylic acids is 2. The van der Waals surface area contributed by atoms with Crippen LogP contribution in [-0.2, 0) is 9.59 Å². The maximum atomic E-state index is 13.3. The lowest BCUT2D eigenvalue weighted by atomic mass is 10.1. The largest absolute Gasteiger partial charge is 0.494 e. The van der Waals surface area contributed by atoms with Gasteiger partial charge in [-0.05, 0) is 67.7 Å². The Morgan fingerprint density at radius 1 is 1.23 bits per heavy atom. The molecule has 3 rings (SSSR count). The van der Waals surface area contributed by atoms with Gasteiger partial charge in [0, 0.05) is 12.2 Å². The minimum Gasteiger partial charge on any atom is -0.494 e. The summed E-state index contributed by atoms with van der Waals surface area (Å²) in [6.07, 6.45) is 1.53. The lowest BCUT2D eigenvalue weighted by Crippen LogP contribution is -2.37. The summed E-state index contributed by atoms with van der Waals surface area (Å²) in [6, 6.07) is 11.7. The van der Waals surface area contributed by atoms with Crippen molar-refractivity contribution < 1.29 is 18.7 Å². The number of nitrogens with zero attached hydrogens (tertiary/aromatic N) is 2. The first-order valence-corrected chi connectivity index (χ1v) is 9.89. The van der Waals surface area contributed by atoms with E-state index in [0.717, 1.165) is 0 Å². The smallest absolute Gasteiger partial charge is 0.256 e. The molecule has 1 unspecified atom stereocenters. The van der Waals surface area contributed by atoms with Gasteiger partial charge in [0.2, 0.25) is 5.91 Å². The first kappa shape index (κ1) is 21.4. The molecule has 6 nitrogen and oxygen atoms in total. The zero-order valence-corrected chi connectivity index (χ0v) is 17.3. The third-order valence-electron chi connectivity index (χ3n) is 4.56. The second kappa shape index (κ2) is 9.49. The van der Waals surface area contributed by atoms with Gasteiger partial charge < -0.3 is 15.0 Å². The molecule has 0 aromatic heterocycles. The molecular formula is C22H22FN3O3S. The maximum Gasteiger partial charge on any atom is 0.256 e. The highest BCUT2D eigenvalue weighted by Gasteiger charge is 2.43. The van der Waals surface area contributed by atoms with Crippen molar-refractivity contribution in [3.63, 3.8) is 0 Å². The Morgan fingerprint density at radius 2 is 1.90 bits per heavy atom. The Kier molecular flexibility index (Phi) is 6.79. The van der Waals surface area contributed by atoms with Gasteiger partial charge in [-0.15, -0.1) is 6.58 Å². The fraction of sp³-hybridized carbons (Fsp3) is 0.227. The van der Waals surface area contributed by atoms with Gasteiger partial charge in [-0.25, -0.2) is 4.39 Å². The highest BCUT2D eigenvalue weighted by Crippen LogP contribution is 2.27. The van der Waals surface area contributed by atoms with Gasteiger partial charge in [-0.3, -0.25) is 14.5 Å². The number of amides is 2. The van der Waals surface area contributed by atoms with Crippen molar-refractivity contribution in [2.45, 2.75) is 19.4 Å². The molecule has 1 aliphatic heterocycles. The minimum atomic E-state index is -0.775. The Morgan fingerprint density at radius 3 is 2.50 bits per heavy atom. The van der Waals surface area contributed by atoms with Crippen LogP contribution < -0.4 is 15.0 Å². The topological polar surface area (TPSA) is 61.9 Å². The molecule has 1 fully saturated rings. The SMILES string of the molecule is C=CCN1C(=S)N(c2ccc(F)cc2)C(=O)C1CC(=O)Nc1ccc(OCC)cc1. The molecule has 1 heterocycles. The second-order valence-corrected chi connectivity index (χ2v) is 6.96. The van der Waals surface area contributed by atoms with Crippen molar-refractivity contribution >= 4 is 40.5 Å². The summed E-state index contributed by atoms with van der Waals surface area (Å²) in [5.74, 6) is -0.366. The molecule has 0 spiro atoms. The molecule has 1 aliphatic rings. The lowest BCUT2D eigenvalue weighted by molar-refractivity contribution is -0.124. The van der Waals surface area contributed by atoms with Gasteiger partial charge in [0.1, 0.15) is 17.6 Å². The van der Waals surface area contributed by atoms with Gasteiger partial charge in [-0.2, -0.15) is 0 Å². The minimum absolute atomic E-state index is 0.0856. The highest BCUT2D eigenvalue weighted by atomic mass is 32.1. The van der Waals surface area contributed by atoms with E-state index >= 15 is 0 Å². The first-order valence-electron chi connectivity index (χ1n) is 9.48. The van der Waals surface area contributed by atoms with Crippen molar-refractivity contribution in [3.8, 4) is 5.75 Å². The Bertz CT molecular complexity index is 947. The van der Waals surface area contributed by atoms with Gasteiger partial charge in [0.25, 0.3) is 5.91 Å². The quantitative estimate of drug-likeness (QED) is 0.514. The molecule has 156 valence electrons. The lowest BCUT2D eigenvalue weighted by Gasteiger charge is -2.22. The van der Waals surface area contributed by atoms with Crippen molar-refractivity contribution in [2.75, 3.05) is 23.4 Å². The number of halogens is 1. The van der Waals surface area contributed by atoms with E-state index in [2.05, 4.69) is 11.9 Å². The van der Waals surface area contributed by atoms with E-state index in [4.69, 9.17) is 17.0 Å². The standard InChI is InChI=1S/C22H22FN3O3S/c1-3-13-25-19(14-20(27)24-16-7-11-18(12-8-16)29-4-2)21(28)26(22(25)30)17-9-5-15(23)6-10-17/h3,5-12,19H,1,4,13-14H2,2H3,(H,24,27). The van der Waals surface area contributed by atoms with E-state index < -0.39 is 11.9 Å². The number of anilines is 2. The average molecular weight is 428 g/mol. The molecule has 2 aromatic carbocycles. The summed E-state index contributed by atoms with van der Waals surface area (Å²) in [5, 5.41) is 3.04. The zero-order chi connectivity index (χ0) is 21.7. The molecule has 2 aromatic rings. The first-order chi connectivity index (χ1) is 14.4. The Hall–Kier alpha value is -3.26. The van der Waals surface area contributed by atoms with Crippen LogP contribution >= 0.6 is 12.2 Å². The van der Waals surface area contributed by atoms with Gasteiger partial charge in [0.15, 0.2) is 5.11 Å². The Balaban J connectivity index is 1.74. The molecule has 1 atom stereocenters. The van der Waals surface area contributed by atoms with Crippen LogP contribution in [0.2, 0.25) is 0 Å². The van der Waals surface area contributed by atoms with Crippen LogP contribution in [0.4, 0.5) is 15.8 Å². The fourth-order valence-corrected chi connectivity index (χ4v) is 3.59. The normalized spacial score (nSPS) is 16.0. The molecule has 30 heavy (non-hydrogen) atoms. The maximum absolute atomic E-state index is 13.3. The number of carbonyl (C=O) groups is 2. The van der Waals surface area contributed by atoms with E-state index in [9.17, 15) is 14.0 Å². The number of ether oxygens (including phenoxy) is 1. The number of rotatable bonds is 8. The number of nitrogens with one attached hydrogen (secondary N) is 1. The predicted molar refractivity (Wildman–Crippen MR) is 118 cm³/mol. The molecule has 8 heteroatoms. The van der Waals surface area contributed by atoms with Gasteiger partial charge in [-0.1, -0.05) is 6.08 Å². The second-order valence-electron chi connectivity index (χ2n) is 6.60. The number of hydrogen-bond acceptors (Lipinski definition) is 4. The number of hydrogen-bond donors (Lipinski definition) is 1. The van der Waals surface area contributed by atoms with Crippen molar-refractivity contribution in [2.24, 2.45) is 0 Å². The van der Waals surface area contributed by atoms with Crippen LogP contribution in [-0.4, -0.2) is 41.0 Å². The van der Waals surface area contributed by atoms with Crippen molar-refractivity contribution in [3.05, 3.63) is 67.0 Å². The van der Waals surface area contributed by atoms with Crippen LogP contribution in [0.1, 0.15) is 13.3 Å². The monoisotopic (exact) mass is 427 g/mol. The molecule has 2 amide bonds. The number of benzene rings is 2. The van der Waals surface area contributed by atoms with Gasteiger partial charge in [0.05, 0.1) is 18.7 Å². The van der Waals surface area contributed by atoms with E-state index in [-0.39, 0.29) is 23.3 Å². The van der Waals surface area contributed by atoms with Gasteiger partial charge >= 0.3 is 0 Å². The summed E-state index contributed by atoms with van der Waals surface area (Å²) in [6.45, 7) is 6.46. The molecule has 0 radical (unpaired) electrons. The summed E-state index contributed by atoms with van der Waals surface area (Å²) >= 11 is 5.46. The molecule has 0 bridgehead atoms. The van der Waals surface area contributed by atoms with Crippen LogP contribution in [0, 0.1) is 5.82 Å².